The fourth-order valence-corrected chi connectivity index (χ4v) is 2.06. The predicted octanol–water partition coefficient (Wildman–Crippen LogP) is 2.65. The first-order valence-electron chi connectivity index (χ1n) is 5.40. The smallest absolute Gasteiger partial charge is 0.124 e. The van der Waals surface area contributed by atoms with Gasteiger partial charge in [0.05, 0.1) is 6.10 Å². The predicted molar refractivity (Wildman–Crippen MR) is 57.5 cm³/mol. The first-order chi connectivity index (χ1) is 7.20. The van der Waals surface area contributed by atoms with Gasteiger partial charge in [0.2, 0.25) is 0 Å². The zero-order chi connectivity index (χ0) is 10.8. The first-order valence-corrected chi connectivity index (χ1v) is 5.40. The molecule has 82 valence electrons. The summed E-state index contributed by atoms with van der Waals surface area (Å²) in [7, 11) is 0. The van der Waals surface area contributed by atoms with Crippen molar-refractivity contribution in [1.82, 2.24) is 5.32 Å². The summed E-state index contributed by atoms with van der Waals surface area (Å²) in [6.45, 7) is 4.98. The molecule has 1 heterocycles. The Hall–Kier alpha value is -1.09. The van der Waals surface area contributed by atoms with Crippen LogP contribution < -0.4 is 10.1 Å². The largest absolute Gasteiger partial charge is 0.490 e. The van der Waals surface area contributed by atoms with E-state index in [0.717, 1.165) is 24.3 Å². The van der Waals surface area contributed by atoms with Gasteiger partial charge >= 0.3 is 0 Å². The lowest BCUT2D eigenvalue weighted by molar-refractivity contribution is 0.166. The van der Waals surface area contributed by atoms with E-state index in [-0.39, 0.29) is 18.0 Å². The molecular weight excluding hydrogens is 193 g/mol. The van der Waals surface area contributed by atoms with Crippen molar-refractivity contribution in [3.05, 3.63) is 29.6 Å². The standard InChI is InChI=1S/C12H16FNO/c1-3-14-11-6-8(2)15-12-5-4-9(13)7-10(11)12/h4-5,7-8,11,14H,3,6H2,1-2H3. The van der Waals surface area contributed by atoms with Gasteiger partial charge in [-0.2, -0.15) is 0 Å². The average Bonchev–Trinajstić information content (AvgIpc) is 2.19. The van der Waals surface area contributed by atoms with Gasteiger partial charge in [-0.3, -0.25) is 0 Å². The Kier molecular flexibility index (Phi) is 2.91. The number of benzene rings is 1. The highest BCUT2D eigenvalue weighted by Crippen LogP contribution is 2.34. The normalized spacial score (nSPS) is 24.5. The second-order valence-electron chi connectivity index (χ2n) is 3.96. The SMILES string of the molecule is CCNC1CC(C)Oc2ccc(F)cc21. The average molecular weight is 209 g/mol. The summed E-state index contributed by atoms with van der Waals surface area (Å²) in [4.78, 5) is 0. The number of hydrogen-bond donors (Lipinski definition) is 1. The molecule has 0 fully saturated rings. The molecule has 1 aromatic rings. The molecule has 15 heavy (non-hydrogen) atoms. The van der Waals surface area contributed by atoms with E-state index in [1.54, 1.807) is 12.1 Å². The molecule has 1 aromatic carbocycles. The molecule has 1 N–H and O–H groups in total. The maximum absolute atomic E-state index is 13.1. The first kappa shape index (κ1) is 10.4. The van der Waals surface area contributed by atoms with Gasteiger partial charge in [-0.1, -0.05) is 6.92 Å². The van der Waals surface area contributed by atoms with Gasteiger partial charge in [0.15, 0.2) is 0 Å². The van der Waals surface area contributed by atoms with E-state index < -0.39 is 0 Å². The number of nitrogens with one attached hydrogen (secondary N) is 1. The van der Waals surface area contributed by atoms with Crippen LogP contribution in [0.2, 0.25) is 0 Å². The van der Waals surface area contributed by atoms with Crippen LogP contribution in [0.25, 0.3) is 0 Å². The molecular formula is C12H16FNO. The third-order valence-corrected chi connectivity index (χ3v) is 2.69. The van der Waals surface area contributed by atoms with E-state index in [0.29, 0.717) is 0 Å². The Morgan fingerprint density at radius 3 is 3.07 bits per heavy atom. The van der Waals surface area contributed by atoms with Crippen LogP contribution in [0.1, 0.15) is 31.9 Å². The number of fused-ring (bicyclic) bond motifs is 1. The third kappa shape index (κ3) is 2.12. The summed E-state index contributed by atoms with van der Waals surface area (Å²) in [6.07, 6.45) is 1.08. The van der Waals surface area contributed by atoms with Crippen LogP contribution in [-0.2, 0) is 0 Å². The van der Waals surface area contributed by atoms with E-state index in [2.05, 4.69) is 12.2 Å². The minimum Gasteiger partial charge on any atom is -0.490 e. The summed E-state index contributed by atoms with van der Waals surface area (Å²) in [5.41, 5.74) is 0.940. The maximum atomic E-state index is 13.1. The van der Waals surface area contributed by atoms with Crippen LogP contribution in [-0.4, -0.2) is 12.6 Å². The van der Waals surface area contributed by atoms with Gasteiger partial charge in [-0.15, -0.1) is 0 Å². The second kappa shape index (κ2) is 4.19. The molecule has 2 unspecified atom stereocenters. The zero-order valence-electron chi connectivity index (χ0n) is 9.09. The van der Waals surface area contributed by atoms with E-state index in [1.807, 2.05) is 6.92 Å². The van der Waals surface area contributed by atoms with Crippen LogP contribution >= 0.6 is 0 Å². The van der Waals surface area contributed by atoms with Crippen LogP contribution in [0.4, 0.5) is 4.39 Å². The lowest BCUT2D eigenvalue weighted by Crippen LogP contribution is -2.31. The van der Waals surface area contributed by atoms with Crippen molar-refractivity contribution in [2.45, 2.75) is 32.4 Å². The summed E-state index contributed by atoms with van der Waals surface area (Å²) >= 11 is 0. The zero-order valence-corrected chi connectivity index (χ0v) is 9.09. The Balaban J connectivity index is 2.34. The summed E-state index contributed by atoms with van der Waals surface area (Å²) in [6, 6.07) is 4.93. The lowest BCUT2D eigenvalue weighted by atomic mass is 9.97. The maximum Gasteiger partial charge on any atom is 0.124 e. The van der Waals surface area contributed by atoms with Crippen LogP contribution in [0.3, 0.4) is 0 Å². The highest BCUT2D eigenvalue weighted by atomic mass is 19.1. The Morgan fingerprint density at radius 1 is 1.53 bits per heavy atom. The molecule has 2 nitrogen and oxygen atoms in total. The number of rotatable bonds is 2. The molecule has 1 aliphatic rings. The molecule has 0 amide bonds. The van der Waals surface area contributed by atoms with Crippen molar-refractivity contribution >= 4 is 0 Å². The molecule has 3 heteroatoms. The van der Waals surface area contributed by atoms with Gasteiger partial charge in [0.1, 0.15) is 11.6 Å². The molecule has 2 atom stereocenters. The molecule has 0 radical (unpaired) electrons. The minimum absolute atomic E-state index is 0.187. The van der Waals surface area contributed by atoms with Crippen molar-refractivity contribution in [3.63, 3.8) is 0 Å². The van der Waals surface area contributed by atoms with Gasteiger partial charge in [0, 0.05) is 18.0 Å². The third-order valence-electron chi connectivity index (χ3n) is 2.69. The van der Waals surface area contributed by atoms with E-state index in [1.165, 1.54) is 6.07 Å². The van der Waals surface area contributed by atoms with E-state index in [4.69, 9.17) is 4.74 Å². The molecule has 2 rings (SSSR count). The Morgan fingerprint density at radius 2 is 2.33 bits per heavy atom. The molecule has 0 aromatic heterocycles. The topological polar surface area (TPSA) is 21.3 Å². The summed E-state index contributed by atoms with van der Waals surface area (Å²) in [5.74, 6) is 0.607. The monoisotopic (exact) mass is 209 g/mol. The van der Waals surface area contributed by atoms with Gasteiger partial charge in [-0.25, -0.2) is 4.39 Å². The molecule has 0 aliphatic carbocycles. The fraction of sp³-hybridized carbons (Fsp3) is 0.500. The van der Waals surface area contributed by atoms with Crippen molar-refractivity contribution < 1.29 is 9.13 Å². The summed E-state index contributed by atoms with van der Waals surface area (Å²) in [5, 5.41) is 3.35. The fourth-order valence-electron chi connectivity index (χ4n) is 2.06. The quantitative estimate of drug-likeness (QED) is 0.808. The Bertz CT molecular complexity index is 353. The molecule has 0 bridgehead atoms. The molecule has 0 saturated carbocycles. The second-order valence-corrected chi connectivity index (χ2v) is 3.96. The van der Waals surface area contributed by atoms with Crippen LogP contribution in [0.15, 0.2) is 18.2 Å². The number of hydrogen-bond acceptors (Lipinski definition) is 2. The summed E-state index contributed by atoms with van der Waals surface area (Å²) < 4.78 is 18.8. The van der Waals surface area contributed by atoms with E-state index >= 15 is 0 Å². The van der Waals surface area contributed by atoms with E-state index in [9.17, 15) is 4.39 Å². The van der Waals surface area contributed by atoms with Crippen LogP contribution in [0, 0.1) is 5.82 Å². The van der Waals surface area contributed by atoms with Crippen molar-refractivity contribution in [2.24, 2.45) is 0 Å². The van der Waals surface area contributed by atoms with Crippen molar-refractivity contribution in [1.29, 1.82) is 0 Å². The van der Waals surface area contributed by atoms with Crippen molar-refractivity contribution in [3.8, 4) is 5.75 Å². The highest BCUT2D eigenvalue weighted by Gasteiger charge is 2.25. The lowest BCUT2D eigenvalue weighted by Gasteiger charge is -2.30. The molecule has 0 spiro atoms. The molecule has 1 aliphatic heterocycles. The minimum atomic E-state index is -0.199. The van der Waals surface area contributed by atoms with Crippen molar-refractivity contribution in [2.75, 3.05) is 6.54 Å². The van der Waals surface area contributed by atoms with Crippen LogP contribution in [0.5, 0.6) is 5.75 Å². The Labute approximate surface area is 89.4 Å². The van der Waals surface area contributed by atoms with Gasteiger partial charge < -0.3 is 10.1 Å². The highest BCUT2D eigenvalue weighted by molar-refractivity contribution is 5.38. The van der Waals surface area contributed by atoms with Gasteiger partial charge in [-0.05, 0) is 31.7 Å². The molecule has 0 saturated heterocycles. The van der Waals surface area contributed by atoms with Gasteiger partial charge in [0.25, 0.3) is 0 Å². The number of ether oxygens (including phenoxy) is 1. The number of halogens is 1.